The zero-order valence-electron chi connectivity index (χ0n) is 13.0. The van der Waals surface area contributed by atoms with Crippen LogP contribution in [0.5, 0.6) is 0 Å². The van der Waals surface area contributed by atoms with Gasteiger partial charge in [-0.15, -0.1) is 0 Å². The van der Waals surface area contributed by atoms with Crippen molar-refractivity contribution in [3.05, 3.63) is 22.4 Å². The Morgan fingerprint density at radius 2 is 2.33 bits per heavy atom. The number of hydrogen-bond donors (Lipinski definition) is 3. The third kappa shape index (κ3) is 5.00. The maximum atomic E-state index is 9.88. The van der Waals surface area contributed by atoms with Crippen molar-refractivity contribution in [3.63, 3.8) is 0 Å². The normalized spacial score (nSPS) is 24.0. The van der Waals surface area contributed by atoms with Crippen molar-refractivity contribution in [2.75, 3.05) is 19.6 Å². The van der Waals surface area contributed by atoms with E-state index in [2.05, 4.69) is 46.3 Å². The lowest BCUT2D eigenvalue weighted by atomic mass is 10.1. The van der Waals surface area contributed by atoms with Gasteiger partial charge < -0.3 is 15.7 Å². The number of hydrogen-bond acceptors (Lipinski definition) is 3. The average Bonchev–Trinajstić information content (AvgIpc) is 3.13. The van der Waals surface area contributed by atoms with Gasteiger partial charge in [0.25, 0.3) is 0 Å². The van der Waals surface area contributed by atoms with Gasteiger partial charge in [-0.05, 0) is 42.2 Å². The molecule has 3 atom stereocenters. The Hall–Kier alpha value is -1.07. The summed E-state index contributed by atoms with van der Waals surface area (Å²) < 4.78 is 0. The number of aliphatic hydroxyl groups excluding tert-OH is 1. The van der Waals surface area contributed by atoms with E-state index in [4.69, 9.17) is 0 Å². The standard InChI is InChI=1S/C16H27N3OS/c1-3-17-16(19-10-13-5-4-6-15(13)20)18-9-12(2)14-7-8-21-11-14/h7-8,11-13,15,20H,3-6,9-10H2,1-2H3,(H2,17,18,19). The Kier molecular flexibility index (Phi) is 6.51. The molecule has 1 heterocycles. The molecular formula is C16H27N3OS. The van der Waals surface area contributed by atoms with Gasteiger partial charge in [-0.25, -0.2) is 0 Å². The van der Waals surface area contributed by atoms with E-state index < -0.39 is 0 Å². The van der Waals surface area contributed by atoms with Crippen molar-refractivity contribution in [1.29, 1.82) is 0 Å². The fourth-order valence-corrected chi connectivity index (χ4v) is 3.50. The molecule has 0 saturated heterocycles. The first-order chi connectivity index (χ1) is 10.2. The number of nitrogens with one attached hydrogen (secondary N) is 2. The largest absolute Gasteiger partial charge is 0.393 e. The fourth-order valence-electron chi connectivity index (χ4n) is 2.71. The summed E-state index contributed by atoms with van der Waals surface area (Å²) in [5.41, 5.74) is 1.35. The molecule has 0 radical (unpaired) electrons. The second-order valence-corrected chi connectivity index (χ2v) is 6.60. The van der Waals surface area contributed by atoms with Gasteiger partial charge in [0.05, 0.1) is 6.10 Å². The molecule has 0 aromatic carbocycles. The van der Waals surface area contributed by atoms with Gasteiger partial charge in [0.1, 0.15) is 0 Å². The third-order valence-electron chi connectivity index (χ3n) is 4.13. The molecule has 3 N–H and O–H groups in total. The lowest BCUT2D eigenvalue weighted by molar-refractivity contribution is 0.134. The number of aliphatic hydroxyl groups is 1. The molecule has 4 nitrogen and oxygen atoms in total. The SMILES string of the molecule is CCNC(=NCC(C)c1ccsc1)NCC1CCCC1O. The number of rotatable bonds is 6. The number of nitrogens with zero attached hydrogens (tertiary/aromatic N) is 1. The minimum Gasteiger partial charge on any atom is -0.393 e. The van der Waals surface area contributed by atoms with Crippen LogP contribution in [-0.4, -0.2) is 36.8 Å². The lowest BCUT2D eigenvalue weighted by Crippen LogP contribution is -2.41. The van der Waals surface area contributed by atoms with Gasteiger partial charge in [-0.3, -0.25) is 4.99 Å². The Morgan fingerprint density at radius 1 is 1.48 bits per heavy atom. The molecule has 0 aliphatic heterocycles. The summed E-state index contributed by atoms with van der Waals surface area (Å²) in [5.74, 6) is 1.66. The predicted molar refractivity (Wildman–Crippen MR) is 90.1 cm³/mol. The second-order valence-electron chi connectivity index (χ2n) is 5.82. The Bertz CT molecular complexity index is 433. The number of thiophene rings is 1. The van der Waals surface area contributed by atoms with Crippen LogP contribution in [0.15, 0.2) is 21.8 Å². The van der Waals surface area contributed by atoms with Crippen LogP contribution in [0.3, 0.4) is 0 Å². The summed E-state index contributed by atoms with van der Waals surface area (Å²) in [5, 5.41) is 20.8. The predicted octanol–water partition coefficient (Wildman–Crippen LogP) is 2.57. The van der Waals surface area contributed by atoms with Crippen molar-refractivity contribution < 1.29 is 5.11 Å². The summed E-state index contributed by atoms with van der Waals surface area (Å²) in [7, 11) is 0. The molecule has 0 bridgehead atoms. The Labute approximate surface area is 131 Å². The molecule has 1 aromatic heterocycles. The Balaban J connectivity index is 1.83. The minimum absolute atomic E-state index is 0.148. The van der Waals surface area contributed by atoms with Gasteiger partial charge in [0.15, 0.2) is 5.96 Å². The highest BCUT2D eigenvalue weighted by atomic mass is 32.1. The van der Waals surface area contributed by atoms with E-state index in [1.807, 2.05) is 0 Å². The van der Waals surface area contributed by atoms with E-state index in [1.165, 1.54) is 5.56 Å². The summed E-state index contributed by atoms with van der Waals surface area (Å²) >= 11 is 1.73. The molecule has 2 rings (SSSR count). The highest BCUT2D eigenvalue weighted by Crippen LogP contribution is 2.24. The van der Waals surface area contributed by atoms with Gasteiger partial charge in [0, 0.05) is 31.5 Å². The molecule has 21 heavy (non-hydrogen) atoms. The quantitative estimate of drug-likeness (QED) is 0.559. The third-order valence-corrected chi connectivity index (χ3v) is 4.83. The topological polar surface area (TPSA) is 56.7 Å². The minimum atomic E-state index is -0.148. The zero-order chi connectivity index (χ0) is 15.1. The zero-order valence-corrected chi connectivity index (χ0v) is 13.8. The first-order valence-electron chi connectivity index (χ1n) is 7.93. The average molecular weight is 309 g/mol. The summed E-state index contributed by atoms with van der Waals surface area (Å²) in [6, 6.07) is 2.17. The van der Waals surface area contributed by atoms with Gasteiger partial charge >= 0.3 is 0 Å². The van der Waals surface area contributed by atoms with Crippen LogP contribution in [-0.2, 0) is 0 Å². The van der Waals surface area contributed by atoms with Gasteiger partial charge in [0.2, 0.25) is 0 Å². The van der Waals surface area contributed by atoms with Crippen LogP contribution in [0.4, 0.5) is 0 Å². The highest BCUT2D eigenvalue weighted by molar-refractivity contribution is 7.07. The molecule has 118 valence electrons. The molecule has 1 fully saturated rings. The molecule has 1 saturated carbocycles. The first kappa shape index (κ1) is 16.3. The van der Waals surface area contributed by atoms with Crippen LogP contribution >= 0.6 is 11.3 Å². The van der Waals surface area contributed by atoms with Gasteiger partial charge in [-0.2, -0.15) is 11.3 Å². The molecule has 3 unspecified atom stereocenters. The molecule has 0 spiro atoms. The smallest absolute Gasteiger partial charge is 0.191 e. The van der Waals surface area contributed by atoms with E-state index >= 15 is 0 Å². The molecular weight excluding hydrogens is 282 g/mol. The van der Waals surface area contributed by atoms with Gasteiger partial charge in [-0.1, -0.05) is 13.3 Å². The van der Waals surface area contributed by atoms with Crippen molar-refractivity contribution in [1.82, 2.24) is 10.6 Å². The van der Waals surface area contributed by atoms with E-state index in [0.29, 0.717) is 11.8 Å². The number of guanidine groups is 1. The molecule has 5 heteroatoms. The van der Waals surface area contributed by atoms with E-state index in [9.17, 15) is 5.11 Å². The maximum Gasteiger partial charge on any atom is 0.191 e. The fraction of sp³-hybridized carbons (Fsp3) is 0.688. The van der Waals surface area contributed by atoms with Crippen LogP contribution in [0.25, 0.3) is 0 Å². The monoisotopic (exact) mass is 309 g/mol. The van der Waals surface area contributed by atoms with E-state index in [1.54, 1.807) is 11.3 Å². The van der Waals surface area contributed by atoms with Crippen molar-refractivity contribution >= 4 is 17.3 Å². The van der Waals surface area contributed by atoms with Crippen LogP contribution in [0, 0.1) is 5.92 Å². The second kappa shape index (κ2) is 8.39. The van der Waals surface area contributed by atoms with Crippen LogP contribution in [0.1, 0.15) is 44.6 Å². The maximum absolute atomic E-state index is 9.88. The Morgan fingerprint density at radius 3 is 2.95 bits per heavy atom. The molecule has 1 aliphatic rings. The van der Waals surface area contributed by atoms with Crippen LogP contribution < -0.4 is 10.6 Å². The van der Waals surface area contributed by atoms with Crippen molar-refractivity contribution in [3.8, 4) is 0 Å². The molecule has 1 aromatic rings. The summed E-state index contributed by atoms with van der Waals surface area (Å²) in [6.07, 6.45) is 3.04. The van der Waals surface area contributed by atoms with E-state index in [0.717, 1.165) is 44.9 Å². The number of aliphatic imine (C=N–C) groups is 1. The lowest BCUT2D eigenvalue weighted by Gasteiger charge is -2.18. The summed E-state index contributed by atoms with van der Waals surface area (Å²) in [6.45, 7) is 6.71. The van der Waals surface area contributed by atoms with Crippen molar-refractivity contribution in [2.24, 2.45) is 10.9 Å². The van der Waals surface area contributed by atoms with Crippen LogP contribution in [0.2, 0.25) is 0 Å². The highest BCUT2D eigenvalue weighted by Gasteiger charge is 2.24. The van der Waals surface area contributed by atoms with E-state index in [-0.39, 0.29) is 6.10 Å². The first-order valence-corrected chi connectivity index (χ1v) is 8.87. The molecule has 1 aliphatic carbocycles. The summed E-state index contributed by atoms with van der Waals surface area (Å²) in [4.78, 5) is 4.67. The van der Waals surface area contributed by atoms with Crippen molar-refractivity contribution in [2.45, 2.75) is 45.1 Å². The molecule has 0 amide bonds.